The van der Waals surface area contributed by atoms with Crippen LogP contribution in [-0.4, -0.2) is 19.7 Å². The van der Waals surface area contributed by atoms with Gasteiger partial charge in [-0.1, -0.05) is 17.3 Å². The zero-order chi connectivity index (χ0) is 12.4. The molecular weight excluding hydrogens is 235 g/mol. The number of halogens is 1. The van der Waals surface area contributed by atoms with Crippen LogP contribution in [0, 0.1) is 5.82 Å². The molecule has 90 valence electrons. The van der Waals surface area contributed by atoms with Gasteiger partial charge in [-0.15, -0.1) is 0 Å². The van der Waals surface area contributed by atoms with Crippen molar-refractivity contribution in [1.82, 2.24) is 19.7 Å². The number of imidazole rings is 1. The molecule has 0 fully saturated rings. The highest BCUT2D eigenvalue weighted by atomic mass is 19.1. The minimum atomic E-state index is -0.326. The molecule has 0 amide bonds. The van der Waals surface area contributed by atoms with E-state index in [1.54, 1.807) is 30.9 Å². The molecule has 3 aromatic rings. The van der Waals surface area contributed by atoms with E-state index < -0.39 is 0 Å². The van der Waals surface area contributed by atoms with Crippen molar-refractivity contribution in [3.05, 3.63) is 54.7 Å². The lowest BCUT2D eigenvalue weighted by Gasteiger charge is -1.94. The molecule has 3 rings (SSSR count). The highest BCUT2D eigenvalue weighted by Gasteiger charge is 2.09. The summed E-state index contributed by atoms with van der Waals surface area (Å²) >= 11 is 0. The van der Waals surface area contributed by atoms with E-state index in [-0.39, 0.29) is 5.82 Å². The Hall–Kier alpha value is -2.50. The Balaban J connectivity index is 1.85. The van der Waals surface area contributed by atoms with Crippen LogP contribution in [0.1, 0.15) is 5.89 Å². The zero-order valence-electron chi connectivity index (χ0n) is 9.32. The Labute approximate surface area is 102 Å². The van der Waals surface area contributed by atoms with Crippen molar-refractivity contribution in [1.29, 1.82) is 0 Å². The van der Waals surface area contributed by atoms with Crippen molar-refractivity contribution < 1.29 is 8.91 Å². The number of aromatic nitrogens is 4. The van der Waals surface area contributed by atoms with Gasteiger partial charge in [-0.3, -0.25) is 0 Å². The van der Waals surface area contributed by atoms with Crippen molar-refractivity contribution in [2.45, 2.75) is 6.54 Å². The summed E-state index contributed by atoms with van der Waals surface area (Å²) in [6, 6.07) is 6.08. The van der Waals surface area contributed by atoms with Gasteiger partial charge in [0.05, 0.1) is 6.33 Å². The SMILES string of the molecule is Fc1cccc(-c2noc(Cn3ccnc3)n2)c1. The molecular formula is C12H9FN4O. The van der Waals surface area contributed by atoms with Crippen LogP contribution in [0.25, 0.3) is 11.4 Å². The molecule has 0 saturated carbocycles. The summed E-state index contributed by atoms with van der Waals surface area (Å²) in [4.78, 5) is 8.12. The molecule has 0 radical (unpaired) electrons. The van der Waals surface area contributed by atoms with E-state index in [2.05, 4.69) is 15.1 Å². The van der Waals surface area contributed by atoms with E-state index in [1.165, 1.54) is 12.1 Å². The van der Waals surface area contributed by atoms with Crippen molar-refractivity contribution >= 4 is 0 Å². The number of nitrogens with zero attached hydrogens (tertiary/aromatic N) is 4. The van der Waals surface area contributed by atoms with Gasteiger partial charge in [-0.2, -0.15) is 4.98 Å². The largest absolute Gasteiger partial charge is 0.337 e. The fourth-order valence-corrected chi connectivity index (χ4v) is 1.60. The second kappa shape index (κ2) is 4.40. The Bertz CT molecular complexity index is 648. The van der Waals surface area contributed by atoms with Gasteiger partial charge in [0.1, 0.15) is 12.4 Å². The van der Waals surface area contributed by atoms with Crippen LogP contribution >= 0.6 is 0 Å². The van der Waals surface area contributed by atoms with Gasteiger partial charge >= 0.3 is 0 Å². The van der Waals surface area contributed by atoms with Crippen LogP contribution in [0.2, 0.25) is 0 Å². The van der Waals surface area contributed by atoms with Gasteiger partial charge in [0, 0.05) is 18.0 Å². The molecule has 18 heavy (non-hydrogen) atoms. The van der Waals surface area contributed by atoms with E-state index >= 15 is 0 Å². The molecule has 0 aliphatic carbocycles. The van der Waals surface area contributed by atoms with Crippen molar-refractivity contribution in [2.75, 3.05) is 0 Å². The van der Waals surface area contributed by atoms with E-state index in [9.17, 15) is 4.39 Å². The zero-order valence-corrected chi connectivity index (χ0v) is 9.32. The summed E-state index contributed by atoms with van der Waals surface area (Å²) in [7, 11) is 0. The predicted molar refractivity (Wildman–Crippen MR) is 61.0 cm³/mol. The lowest BCUT2D eigenvalue weighted by Crippen LogP contribution is -1.96. The molecule has 2 heterocycles. The van der Waals surface area contributed by atoms with Gasteiger partial charge in [0.25, 0.3) is 0 Å². The minimum absolute atomic E-state index is 0.326. The third kappa shape index (κ3) is 2.13. The predicted octanol–water partition coefficient (Wildman–Crippen LogP) is 2.12. The van der Waals surface area contributed by atoms with Crippen LogP contribution in [-0.2, 0) is 6.54 Å². The standard InChI is InChI=1S/C12H9FN4O/c13-10-3-1-2-9(6-10)12-15-11(18-16-12)7-17-5-4-14-8-17/h1-6,8H,7H2. The fraction of sp³-hybridized carbons (Fsp3) is 0.0833. The first-order valence-electron chi connectivity index (χ1n) is 5.35. The summed E-state index contributed by atoms with van der Waals surface area (Å²) < 4.78 is 20.0. The van der Waals surface area contributed by atoms with E-state index in [0.717, 1.165) is 0 Å². The first-order valence-corrected chi connectivity index (χ1v) is 5.35. The third-order valence-corrected chi connectivity index (χ3v) is 2.43. The second-order valence-corrected chi connectivity index (χ2v) is 3.76. The van der Waals surface area contributed by atoms with Crippen LogP contribution in [0.5, 0.6) is 0 Å². The molecule has 0 unspecified atom stereocenters. The molecule has 1 aromatic carbocycles. The monoisotopic (exact) mass is 244 g/mol. The maximum Gasteiger partial charge on any atom is 0.246 e. The van der Waals surface area contributed by atoms with Crippen molar-refractivity contribution in [3.8, 4) is 11.4 Å². The number of hydrogen-bond acceptors (Lipinski definition) is 4. The van der Waals surface area contributed by atoms with E-state index in [4.69, 9.17) is 4.52 Å². The molecule has 0 atom stereocenters. The van der Waals surface area contributed by atoms with Gasteiger partial charge in [0.15, 0.2) is 0 Å². The van der Waals surface area contributed by atoms with Crippen molar-refractivity contribution in [2.24, 2.45) is 0 Å². The van der Waals surface area contributed by atoms with E-state index in [1.807, 2.05) is 4.57 Å². The first-order chi connectivity index (χ1) is 8.81. The topological polar surface area (TPSA) is 56.7 Å². The number of rotatable bonds is 3. The summed E-state index contributed by atoms with van der Waals surface area (Å²) in [5, 5.41) is 3.82. The Kier molecular flexibility index (Phi) is 2.60. The average molecular weight is 244 g/mol. The van der Waals surface area contributed by atoms with Crippen LogP contribution in [0.4, 0.5) is 4.39 Å². The normalized spacial score (nSPS) is 10.7. The lowest BCUT2D eigenvalue weighted by atomic mass is 10.2. The molecule has 2 aromatic heterocycles. The number of hydrogen-bond donors (Lipinski definition) is 0. The van der Waals surface area contributed by atoms with Crippen molar-refractivity contribution in [3.63, 3.8) is 0 Å². The number of benzene rings is 1. The Morgan fingerprint density at radius 1 is 1.33 bits per heavy atom. The fourth-order valence-electron chi connectivity index (χ4n) is 1.60. The Morgan fingerprint density at radius 2 is 2.28 bits per heavy atom. The van der Waals surface area contributed by atoms with Crippen LogP contribution < -0.4 is 0 Å². The van der Waals surface area contributed by atoms with Gasteiger partial charge in [-0.05, 0) is 12.1 Å². The second-order valence-electron chi connectivity index (χ2n) is 3.76. The minimum Gasteiger partial charge on any atom is -0.337 e. The first kappa shape index (κ1) is 10.6. The summed E-state index contributed by atoms with van der Waals surface area (Å²) in [5.41, 5.74) is 0.593. The molecule has 0 saturated heterocycles. The Morgan fingerprint density at radius 3 is 3.06 bits per heavy atom. The van der Waals surface area contributed by atoms with E-state index in [0.29, 0.717) is 23.8 Å². The van der Waals surface area contributed by atoms with Crippen LogP contribution in [0.15, 0.2) is 47.5 Å². The molecule has 6 heteroatoms. The molecule has 0 bridgehead atoms. The highest BCUT2D eigenvalue weighted by molar-refractivity contribution is 5.53. The van der Waals surface area contributed by atoms with Gasteiger partial charge in [0.2, 0.25) is 11.7 Å². The molecule has 5 nitrogen and oxygen atoms in total. The molecule has 0 spiro atoms. The van der Waals surface area contributed by atoms with Gasteiger partial charge < -0.3 is 9.09 Å². The smallest absolute Gasteiger partial charge is 0.246 e. The molecule has 0 aliphatic rings. The quantitative estimate of drug-likeness (QED) is 0.708. The maximum absolute atomic E-state index is 13.1. The summed E-state index contributed by atoms with van der Waals surface area (Å²) in [6.45, 7) is 0.447. The summed E-state index contributed by atoms with van der Waals surface area (Å²) in [6.07, 6.45) is 5.13. The molecule has 0 N–H and O–H groups in total. The van der Waals surface area contributed by atoms with Crippen LogP contribution in [0.3, 0.4) is 0 Å². The third-order valence-electron chi connectivity index (χ3n) is 2.43. The molecule has 0 aliphatic heterocycles. The van der Waals surface area contributed by atoms with Gasteiger partial charge in [-0.25, -0.2) is 9.37 Å². The maximum atomic E-state index is 13.1. The summed E-state index contributed by atoms with van der Waals surface area (Å²) in [5.74, 6) is 0.505. The lowest BCUT2D eigenvalue weighted by molar-refractivity contribution is 0.371. The highest BCUT2D eigenvalue weighted by Crippen LogP contribution is 2.16. The average Bonchev–Trinajstić information content (AvgIpc) is 3.01.